The van der Waals surface area contributed by atoms with Crippen molar-refractivity contribution in [3.05, 3.63) is 41.5 Å². The van der Waals surface area contributed by atoms with Gasteiger partial charge < -0.3 is 4.74 Å². The van der Waals surface area contributed by atoms with Gasteiger partial charge in [0.25, 0.3) is 0 Å². The Kier molecular flexibility index (Phi) is 4.91. The van der Waals surface area contributed by atoms with Gasteiger partial charge in [-0.3, -0.25) is 4.79 Å². The van der Waals surface area contributed by atoms with Crippen molar-refractivity contribution < 1.29 is 9.53 Å². The van der Waals surface area contributed by atoms with Crippen LogP contribution in [0.15, 0.2) is 30.3 Å². The van der Waals surface area contributed by atoms with Crippen molar-refractivity contribution >= 4 is 23.6 Å². The highest BCUT2D eigenvalue weighted by Crippen LogP contribution is 2.09. The molecule has 0 heterocycles. The zero-order chi connectivity index (χ0) is 11.1. The second kappa shape index (κ2) is 6.25. The zero-order valence-electron chi connectivity index (χ0n) is 8.57. The molecule has 0 aromatic heterocycles. The van der Waals surface area contributed by atoms with Gasteiger partial charge in [-0.05, 0) is 11.1 Å². The standard InChI is InChI=1S/C12H13ClO2/c1-15-12(14)7-3-5-10-4-2-6-11(8-10)9-13/h2-6,8H,7,9H2,1H3. The fourth-order valence-electron chi connectivity index (χ4n) is 1.15. The lowest BCUT2D eigenvalue weighted by molar-refractivity contribution is -0.139. The number of halogens is 1. The van der Waals surface area contributed by atoms with Gasteiger partial charge in [0.15, 0.2) is 0 Å². The number of methoxy groups -OCH3 is 1. The van der Waals surface area contributed by atoms with Crippen LogP contribution in [0, 0.1) is 0 Å². The Bertz CT molecular complexity index is 358. The third-order valence-electron chi connectivity index (χ3n) is 1.93. The average molecular weight is 225 g/mol. The number of carbonyl (C=O) groups excluding carboxylic acids is 1. The highest BCUT2D eigenvalue weighted by molar-refractivity contribution is 6.17. The van der Waals surface area contributed by atoms with Gasteiger partial charge in [-0.1, -0.05) is 36.4 Å². The van der Waals surface area contributed by atoms with E-state index in [1.807, 2.05) is 30.3 Å². The molecule has 0 aliphatic carbocycles. The van der Waals surface area contributed by atoms with E-state index in [0.29, 0.717) is 12.3 Å². The maximum Gasteiger partial charge on any atom is 0.309 e. The Morgan fingerprint density at radius 3 is 3.00 bits per heavy atom. The summed E-state index contributed by atoms with van der Waals surface area (Å²) in [6.07, 6.45) is 3.95. The van der Waals surface area contributed by atoms with Crippen LogP contribution in [-0.2, 0) is 15.4 Å². The minimum Gasteiger partial charge on any atom is -0.469 e. The van der Waals surface area contributed by atoms with Gasteiger partial charge in [0.1, 0.15) is 0 Å². The number of alkyl halides is 1. The Morgan fingerprint density at radius 2 is 2.33 bits per heavy atom. The van der Waals surface area contributed by atoms with Crippen molar-refractivity contribution in [2.75, 3.05) is 7.11 Å². The summed E-state index contributed by atoms with van der Waals surface area (Å²) in [7, 11) is 1.38. The molecule has 1 aromatic carbocycles. The minimum absolute atomic E-state index is 0.236. The van der Waals surface area contributed by atoms with E-state index in [-0.39, 0.29) is 5.97 Å². The molecule has 0 amide bonds. The Hall–Kier alpha value is -1.28. The Labute approximate surface area is 94.5 Å². The van der Waals surface area contributed by atoms with Crippen LogP contribution in [0.2, 0.25) is 0 Å². The molecule has 0 unspecified atom stereocenters. The van der Waals surface area contributed by atoms with Crippen molar-refractivity contribution in [2.45, 2.75) is 12.3 Å². The molecule has 0 spiro atoms. The molecule has 0 saturated carbocycles. The molecule has 0 fully saturated rings. The summed E-state index contributed by atoms with van der Waals surface area (Å²) >= 11 is 5.71. The number of hydrogen-bond acceptors (Lipinski definition) is 2. The minimum atomic E-state index is -0.236. The van der Waals surface area contributed by atoms with Gasteiger partial charge in [-0.2, -0.15) is 0 Å². The molecule has 0 aliphatic heterocycles. The molecule has 0 bridgehead atoms. The van der Waals surface area contributed by atoms with Crippen LogP contribution in [0.3, 0.4) is 0 Å². The van der Waals surface area contributed by atoms with Crippen LogP contribution >= 0.6 is 11.6 Å². The topological polar surface area (TPSA) is 26.3 Å². The first kappa shape index (κ1) is 11.8. The molecule has 0 saturated heterocycles. The van der Waals surface area contributed by atoms with E-state index in [1.165, 1.54) is 7.11 Å². The van der Waals surface area contributed by atoms with Crippen molar-refractivity contribution in [3.8, 4) is 0 Å². The van der Waals surface area contributed by atoms with Gasteiger partial charge in [0, 0.05) is 5.88 Å². The second-order valence-electron chi connectivity index (χ2n) is 3.06. The zero-order valence-corrected chi connectivity index (χ0v) is 9.33. The smallest absolute Gasteiger partial charge is 0.309 e. The fraction of sp³-hybridized carbons (Fsp3) is 0.250. The first-order valence-corrected chi connectivity index (χ1v) is 5.18. The third kappa shape index (κ3) is 4.17. The first-order valence-electron chi connectivity index (χ1n) is 4.64. The van der Waals surface area contributed by atoms with Crippen LogP contribution in [0.5, 0.6) is 0 Å². The number of carbonyl (C=O) groups is 1. The first-order chi connectivity index (χ1) is 7.26. The van der Waals surface area contributed by atoms with Gasteiger partial charge in [-0.15, -0.1) is 11.6 Å². The maximum atomic E-state index is 10.8. The average Bonchev–Trinajstić information content (AvgIpc) is 2.29. The highest BCUT2D eigenvalue weighted by Gasteiger charge is 1.95. The lowest BCUT2D eigenvalue weighted by Crippen LogP contribution is -1.96. The molecule has 0 atom stereocenters. The predicted octanol–water partition coefficient (Wildman–Crippen LogP) is 3.00. The molecule has 1 rings (SSSR count). The van der Waals surface area contributed by atoms with Crippen LogP contribution < -0.4 is 0 Å². The normalized spacial score (nSPS) is 10.5. The molecule has 3 heteroatoms. The van der Waals surface area contributed by atoms with Crippen molar-refractivity contribution in [1.29, 1.82) is 0 Å². The van der Waals surface area contributed by atoms with Crippen molar-refractivity contribution in [2.24, 2.45) is 0 Å². The van der Waals surface area contributed by atoms with Gasteiger partial charge in [-0.25, -0.2) is 0 Å². The number of ether oxygens (including phenoxy) is 1. The number of esters is 1. The van der Waals surface area contributed by atoms with E-state index < -0.39 is 0 Å². The van der Waals surface area contributed by atoms with Crippen LogP contribution in [-0.4, -0.2) is 13.1 Å². The SMILES string of the molecule is COC(=O)CC=Cc1cccc(CCl)c1. The summed E-state index contributed by atoms with van der Waals surface area (Å²) in [6.45, 7) is 0. The number of benzene rings is 1. The number of hydrogen-bond donors (Lipinski definition) is 0. The van der Waals surface area contributed by atoms with Crippen molar-refractivity contribution in [3.63, 3.8) is 0 Å². The molecular weight excluding hydrogens is 212 g/mol. The Balaban J connectivity index is 2.59. The van der Waals surface area contributed by atoms with E-state index in [2.05, 4.69) is 4.74 Å². The van der Waals surface area contributed by atoms with Crippen molar-refractivity contribution in [1.82, 2.24) is 0 Å². The summed E-state index contributed by atoms with van der Waals surface area (Å²) in [4.78, 5) is 10.8. The summed E-state index contributed by atoms with van der Waals surface area (Å²) in [5.41, 5.74) is 2.11. The molecule has 80 valence electrons. The van der Waals surface area contributed by atoms with E-state index in [9.17, 15) is 4.79 Å². The molecule has 0 radical (unpaired) electrons. The maximum absolute atomic E-state index is 10.8. The quantitative estimate of drug-likeness (QED) is 0.581. The second-order valence-corrected chi connectivity index (χ2v) is 3.33. The summed E-state index contributed by atoms with van der Waals surface area (Å²) in [5.74, 6) is 0.262. The van der Waals surface area contributed by atoms with Gasteiger partial charge in [0.2, 0.25) is 0 Å². The predicted molar refractivity (Wildman–Crippen MR) is 61.7 cm³/mol. The molecule has 0 aliphatic rings. The monoisotopic (exact) mass is 224 g/mol. The van der Waals surface area contributed by atoms with Gasteiger partial charge >= 0.3 is 5.97 Å². The largest absolute Gasteiger partial charge is 0.469 e. The van der Waals surface area contributed by atoms with Crippen LogP contribution in [0.1, 0.15) is 17.5 Å². The lowest BCUT2D eigenvalue weighted by atomic mass is 10.1. The molecule has 2 nitrogen and oxygen atoms in total. The van der Waals surface area contributed by atoms with E-state index in [4.69, 9.17) is 11.6 Å². The molecule has 1 aromatic rings. The molecular formula is C12H13ClO2. The summed E-state index contributed by atoms with van der Waals surface area (Å²) < 4.78 is 4.52. The van der Waals surface area contributed by atoms with Crippen LogP contribution in [0.4, 0.5) is 0 Å². The van der Waals surface area contributed by atoms with E-state index in [1.54, 1.807) is 6.08 Å². The molecule has 0 N–H and O–H groups in total. The Morgan fingerprint density at radius 1 is 1.53 bits per heavy atom. The summed E-state index contributed by atoms with van der Waals surface area (Å²) in [6, 6.07) is 7.85. The number of rotatable bonds is 4. The van der Waals surface area contributed by atoms with Gasteiger partial charge in [0.05, 0.1) is 13.5 Å². The highest BCUT2D eigenvalue weighted by atomic mass is 35.5. The summed E-state index contributed by atoms with van der Waals surface area (Å²) in [5, 5.41) is 0. The third-order valence-corrected chi connectivity index (χ3v) is 2.24. The lowest BCUT2D eigenvalue weighted by Gasteiger charge is -1.97. The molecule has 15 heavy (non-hydrogen) atoms. The van der Waals surface area contributed by atoms with E-state index in [0.717, 1.165) is 11.1 Å². The van der Waals surface area contributed by atoms with Crippen LogP contribution in [0.25, 0.3) is 6.08 Å². The fourth-order valence-corrected chi connectivity index (χ4v) is 1.32. The van der Waals surface area contributed by atoms with E-state index >= 15 is 0 Å².